The Bertz CT molecular complexity index is 577. The van der Waals surface area contributed by atoms with Crippen LogP contribution in [0.3, 0.4) is 0 Å². The van der Waals surface area contributed by atoms with Crippen molar-refractivity contribution in [3.8, 4) is 0 Å². The fourth-order valence-electron chi connectivity index (χ4n) is 2.95. The molecule has 1 fully saturated rings. The SMILES string of the molecule is Cc1cc(F)ccc1C1CC(NCC(F)(F)F)CCN1C(=O)O. The summed E-state index contributed by atoms with van der Waals surface area (Å²) in [6.45, 7) is 0.678. The van der Waals surface area contributed by atoms with Gasteiger partial charge < -0.3 is 15.3 Å². The molecule has 1 aliphatic rings. The lowest BCUT2D eigenvalue weighted by atomic mass is 9.89. The van der Waals surface area contributed by atoms with E-state index in [1.165, 1.54) is 23.1 Å². The van der Waals surface area contributed by atoms with Gasteiger partial charge >= 0.3 is 12.3 Å². The van der Waals surface area contributed by atoms with Crippen molar-refractivity contribution >= 4 is 6.09 Å². The standard InChI is InChI=1S/C15H18F4N2O2/c1-9-6-10(16)2-3-12(9)13-7-11(20-8-15(17,18)19)4-5-21(13)14(22)23/h2-3,6,11,13,20H,4-5,7-8H2,1H3,(H,22,23). The van der Waals surface area contributed by atoms with Crippen molar-refractivity contribution in [1.29, 1.82) is 0 Å². The summed E-state index contributed by atoms with van der Waals surface area (Å²) in [6, 6.07) is 2.99. The second kappa shape index (κ2) is 6.74. The van der Waals surface area contributed by atoms with Gasteiger partial charge in [0.2, 0.25) is 0 Å². The molecule has 0 aliphatic carbocycles. The molecule has 0 aromatic heterocycles. The van der Waals surface area contributed by atoms with E-state index in [2.05, 4.69) is 5.32 Å². The van der Waals surface area contributed by atoms with Crippen molar-refractivity contribution in [2.45, 2.75) is 38.0 Å². The number of rotatable bonds is 3. The maximum absolute atomic E-state index is 13.2. The predicted octanol–water partition coefficient (Wildman–Crippen LogP) is 3.47. The molecule has 4 nitrogen and oxygen atoms in total. The average Bonchev–Trinajstić information content (AvgIpc) is 2.44. The Hall–Kier alpha value is -1.83. The molecule has 1 amide bonds. The zero-order valence-corrected chi connectivity index (χ0v) is 12.5. The zero-order valence-electron chi connectivity index (χ0n) is 12.5. The molecular formula is C15H18F4N2O2. The van der Waals surface area contributed by atoms with Crippen molar-refractivity contribution in [2.24, 2.45) is 0 Å². The molecule has 0 spiro atoms. The molecule has 1 aromatic carbocycles. The minimum Gasteiger partial charge on any atom is -0.465 e. The monoisotopic (exact) mass is 334 g/mol. The highest BCUT2D eigenvalue weighted by Crippen LogP contribution is 2.33. The van der Waals surface area contributed by atoms with Crippen LogP contribution in [-0.4, -0.2) is 41.4 Å². The zero-order chi connectivity index (χ0) is 17.2. The molecular weight excluding hydrogens is 316 g/mol. The predicted molar refractivity (Wildman–Crippen MR) is 75.7 cm³/mol. The van der Waals surface area contributed by atoms with Crippen LogP contribution in [0, 0.1) is 12.7 Å². The summed E-state index contributed by atoms with van der Waals surface area (Å²) in [7, 11) is 0. The summed E-state index contributed by atoms with van der Waals surface area (Å²) in [5, 5.41) is 11.7. The van der Waals surface area contributed by atoms with Gasteiger partial charge in [-0.1, -0.05) is 6.07 Å². The van der Waals surface area contributed by atoms with Gasteiger partial charge in [0.25, 0.3) is 0 Å². The maximum atomic E-state index is 13.2. The lowest BCUT2D eigenvalue weighted by molar-refractivity contribution is -0.127. The van der Waals surface area contributed by atoms with Crippen LogP contribution in [0.4, 0.5) is 22.4 Å². The number of piperidine rings is 1. The van der Waals surface area contributed by atoms with E-state index < -0.39 is 36.7 Å². The Labute approximate surface area is 131 Å². The van der Waals surface area contributed by atoms with Gasteiger partial charge in [-0.2, -0.15) is 13.2 Å². The topological polar surface area (TPSA) is 52.6 Å². The Kier molecular flexibility index (Phi) is 5.13. The summed E-state index contributed by atoms with van der Waals surface area (Å²) in [5.74, 6) is -0.435. The van der Waals surface area contributed by atoms with E-state index in [-0.39, 0.29) is 13.0 Å². The number of benzene rings is 1. The summed E-state index contributed by atoms with van der Waals surface area (Å²) < 4.78 is 50.2. The number of nitrogens with one attached hydrogen (secondary N) is 1. The van der Waals surface area contributed by atoms with E-state index in [4.69, 9.17) is 0 Å². The van der Waals surface area contributed by atoms with Crippen LogP contribution in [0.25, 0.3) is 0 Å². The number of hydrogen-bond acceptors (Lipinski definition) is 2. The number of alkyl halides is 3. The normalized spacial score (nSPS) is 22.2. The molecule has 128 valence electrons. The third-order valence-corrected chi connectivity index (χ3v) is 4.03. The number of aryl methyl sites for hydroxylation is 1. The van der Waals surface area contributed by atoms with Crippen LogP contribution in [0.15, 0.2) is 18.2 Å². The van der Waals surface area contributed by atoms with Crippen LogP contribution in [-0.2, 0) is 0 Å². The quantitative estimate of drug-likeness (QED) is 0.832. The fraction of sp³-hybridized carbons (Fsp3) is 0.533. The number of hydrogen-bond donors (Lipinski definition) is 2. The van der Waals surface area contributed by atoms with Gasteiger partial charge in [-0.05, 0) is 43.0 Å². The van der Waals surface area contributed by atoms with Crippen LogP contribution in [0.5, 0.6) is 0 Å². The van der Waals surface area contributed by atoms with E-state index in [1.54, 1.807) is 6.92 Å². The van der Waals surface area contributed by atoms with Gasteiger partial charge in [0, 0.05) is 12.6 Å². The number of likely N-dealkylation sites (tertiary alicyclic amines) is 1. The minimum atomic E-state index is -4.31. The third-order valence-electron chi connectivity index (χ3n) is 4.03. The number of carbonyl (C=O) groups is 1. The fourth-order valence-corrected chi connectivity index (χ4v) is 2.95. The number of nitrogens with zero attached hydrogens (tertiary/aromatic N) is 1. The highest BCUT2D eigenvalue weighted by molar-refractivity contribution is 5.66. The van der Waals surface area contributed by atoms with Crippen LogP contribution < -0.4 is 5.32 Å². The molecule has 1 aliphatic heterocycles. The molecule has 1 aromatic rings. The van der Waals surface area contributed by atoms with Gasteiger partial charge in [0.1, 0.15) is 5.82 Å². The first-order chi connectivity index (χ1) is 10.7. The van der Waals surface area contributed by atoms with Crippen LogP contribution in [0.2, 0.25) is 0 Å². The second-order valence-electron chi connectivity index (χ2n) is 5.71. The second-order valence-corrected chi connectivity index (χ2v) is 5.71. The van der Waals surface area contributed by atoms with Crippen molar-refractivity contribution in [1.82, 2.24) is 10.2 Å². The number of amides is 1. The van der Waals surface area contributed by atoms with Crippen molar-refractivity contribution in [3.63, 3.8) is 0 Å². The van der Waals surface area contributed by atoms with E-state index in [1.807, 2.05) is 0 Å². The molecule has 1 heterocycles. The molecule has 1 saturated heterocycles. The van der Waals surface area contributed by atoms with Gasteiger partial charge in [0.05, 0.1) is 12.6 Å². The van der Waals surface area contributed by atoms with E-state index in [9.17, 15) is 27.5 Å². The van der Waals surface area contributed by atoms with Crippen molar-refractivity contribution < 1.29 is 27.5 Å². The first-order valence-corrected chi connectivity index (χ1v) is 7.23. The average molecular weight is 334 g/mol. The molecule has 2 unspecified atom stereocenters. The van der Waals surface area contributed by atoms with Crippen molar-refractivity contribution in [3.05, 3.63) is 35.1 Å². The smallest absolute Gasteiger partial charge is 0.407 e. The highest BCUT2D eigenvalue weighted by atomic mass is 19.4. The van der Waals surface area contributed by atoms with Gasteiger partial charge in [0.15, 0.2) is 0 Å². The van der Waals surface area contributed by atoms with Crippen molar-refractivity contribution in [2.75, 3.05) is 13.1 Å². The molecule has 0 radical (unpaired) electrons. The van der Waals surface area contributed by atoms with E-state index in [0.29, 0.717) is 17.5 Å². The molecule has 2 rings (SSSR count). The molecule has 0 saturated carbocycles. The molecule has 2 N–H and O–H groups in total. The molecule has 2 atom stereocenters. The summed E-state index contributed by atoms with van der Waals surface area (Å²) in [4.78, 5) is 12.6. The third kappa shape index (κ3) is 4.57. The van der Waals surface area contributed by atoms with Gasteiger partial charge in [-0.25, -0.2) is 9.18 Å². The lowest BCUT2D eigenvalue weighted by Gasteiger charge is -2.39. The Morgan fingerprint density at radius 3 is 2.70 bits per heavy atom. The molecule has 0 bridgehead atoms. The van der Waals surface area contributed by atoms with Gasteiger partial charge in [-0.15, -0.1) is 0 Å². The first-order valence-electron chi connectivity index (χ1n) is 7.23. The summed E-state index contributed by atoms with van der Waals surface area (Å²) >= 11 is 0. The van der Waals surface area contributed by atoms with Gasteiger partial charge in [-0.3, -0.25) is 0 Å². The van der Waals surface area contributed by atoms with E-state index >= 15 is 0 Å². The van der Waals surface area contributed by atoms with E-state index in [0.717, 1.165) is 0 Å². The maximum Gasteiger partial charge on any atom is 0.407 e. The minimum absolute atomic E-state index is 0.131. The Morgan fingerprint density at radius 2 is 2.13 bits per heavy atom. The summed E-state index contributed by atoms with van der Waals surface area (Å²) in [6.07, 6.45) is -4.92. The largest absolute Gasteiger partial charge is 0.465 e. The molecule has 23 heavy (non-hydrogen) atoms. The lowest BCUT2D eigenvalue weighted by Crippen LogP contribution is -2.48. The van der Waals surface area contributed by atoms with Crippen LogP contribution in [0.1, 0.15) is 30.0 Å². The molecule has 8 heteroatoms. The highest BCUT2D eigenvalue weighted by Gasteiger charge is 2.35. The Morgan fingerprint density at radius 1 is 1.43 bits per heavy atom. The Balaban J connectivity index is 2.18. The van der Waals surface area contributed by atoms with Crippen LogP contribution >= 0.6 is 0 Å². The number of carboxylic acid groups (broad SMARTS) is 1. The first kappa shape index (κ1) is 17.5. The summed E-state index contributed by atoms with van der Waals surface area (Å²) in [5.41, 5.74) is 1.20. The number of halogens is 4.